The Kier molecular flexibility index (Phi) is 13.6. The molecule has 0 aliphatic heterocycles. The van der Waals surface area contributed by atoms with Gasteiger partial charge in [-0.2, -0.15) is 0 Å². The Morgan fingerprint density at radius 1 is 0.292 bits per heavy atom. The Labute approximate surface area is 562 Å². The molecule has 458 valence electrons. The number of hydrogen-bond donors (Lipinski definition) is 0. The van der Waals surface area contributed by atoms with Gasteiger partial charge in [-0.15, -0.1) is 0 Å². The van der Waals surface area contributed by atoms with Crippen LogP contribution in [-0.2, 0) is 5.41 Å². The fourth-order valence-corrected chi connectivity index (χ4v) is 16.7. The van der Waals surface area contributed by atoms with Crippen LogP contribution in [0.4, 0.5) is 17.1 Å². The van der Waals surface area contributed by atoms with E-state index in [-0.39, 0.29) is 0 Å². The lowest BCUT2D eigenvalue weighted by Crippen LogP contribution is -2.26. The summed E-state index contributed by atoms with van der Waals surface area (Å²) in [5, 5.41) is 4.89. The van der Waals surface area contributed by atoms with Crippen molar-refractivity contribution in [3.63, 3.8) is 0 Å². The van der Waals surface area contributed by atoms with Gasteiger partial charge in [-0.1, -0.05) is 264 Å². The van der Waals surface area contributed by atoms with Crippen molar-refractivity contribution in [1.29, 1.82) is 0 Å². The van der Waals surface area contributed by atoms with Crippen LogP contribution in [0.25, 0.3) is 122 Å². The van der Waals surface area contributed by atoms with Crippen molar-refractivity contribution in [2.75, 3.05) is 4.90 Å². The number of benzene rings is 14. The lowest BCUT2D eigenvalue weighted by molar-refractivity contribution is 0.408. The van der Waals surface area contributed by atoms with Crippen LogP contribution in [-0.4, -0.2) is 9.13 Å². The van der Waals surface area contributed by atoms with Crippen LogP contribution in [0.2, 0.25) is 0 Å². The zero-order valence-corrected chi connectivity index (χ0v) is 54.5. The van der Waals surface area contributed by atoms with Crippen LogP contribution in [0.5, 0.6) is 0 Å². The third-order valence-corrected chi connectivity index (χ3v) is 21.0. The summed E-state index contributed by atoms with van der Waals surface area (Å²) in [5.74, 6) is 1.75. The van der Waals surface area contributed by atoms with Crippen molar-refractivity contribution in [3.8, 4) is 78.1 Å². The summed E-state index contributed by atoms with van der Waals surface area (Å²) in [4.78, 5) is 2.40. The first-order valence-electron chi connectivity index (χ1n) is 34.1. The summed E-state index contributed by atoms with van der Waals surface area (Å²) in [7, 11) is 0. The molecule has 2 unspecified atom stereocenters. The molecule has 2 aliphatic carbocycles. The molecule has 2 aromatic heterocycles. The van der Waals surface area contributed by atoms with E-state index in [1.54, 1.807) is 0 Å². The zero-order valence-electron chi connectivity index (χ0n) is 54.5. The first-order chi connectivity index (χ1) is 47.3. The smallest absolute Gasteiger partial charge is 0.0725 e. The van der Waals surface area contributed by atoms with E-state index in [1.165, 1.54) is 128 Å². The third-order valence-electron chi connectivity index (χ3n) is 21.0. The van der Waals surface area contributed by atoms with Gasteiger partial charge in [-0.3, -0.25) is 0 Å². The highest BCUT2D eigenvalue weighted by Gasteiger charge is 2.52. The molecule has 96 heavy (non-hydrogen) atoms. The van der Waals surface area contributed by atoms with Crippen LogP contribution in [0.1, 0.15) is 67.9 Å². The number of rotatable bonds is 13. The Morgan fingerprint density at radius 3 is 1.38 bits per heavy atom. The van der Waals surface area contributed by atoms with Crippen LogP contribution in [0.15, 0.2) is 328 Å². The number of anilines is 3. The minimum atomic E-state index is -0.532. The molecular formula is C93H71N3. The molecule has 14 aromatic carbocycles. The highest BCUT2D eigenvalue weighted by molar-refractivity contribution is 6.15. The molecule has 2 heterocycles. The summed E-state index contributed by atoms with van der Waals surface area (Å²) in [5.41, 5.74) is 31.3. The summed E-state index contributed by atoms with van der Waals surface area (Å²) >= 11 is 0. The van der Waals surface area contributed by atoms with E-state index < -0.39 is 5.41 Å². The predicted molar refractivity (Wildman–Crippen MR) is 405 cm³/mol. The topological polar surface area (TPSA) is 13.1 Å². The number of para-hydroxylation sites is 4. The summed E-state index contributed by atoms with van der Waals surface area (Å²) in [6.45, 7) is 9.44. The van der Waals surface area contributed by atoms with Gasteiger partial charge in [-0.25, -0.2) is 0 Å². The molecule has 2 atom stereocenters. The lowest BCUT2D eigenvalue weighted by atomic mass is 9.70. The fourth-order valence-electron chi connectivity index (χ4n) is 16.7. The molecule has 0 N–H and O–H groups in total. The molecule has 0 saturated carbocycles. The maximum Gasteiger partial charge on any atom is 0.0725 e. The highest BCUT2D eigenvalue weighted by Crippen LogP contribution is 2.64. The maximum atomic E-state index is 2.56. The molecule has 2 aliphatic rings. The molecule has 3 heteroatoms. The Balaban J connectivity index is 0.761. The van der Waals surface area contributed by atoms with Gasteiger partial charge in [-0.05, 0) is 204 Å². The van der Waals surface area contributed by atoms with Gasteiger partial charge in [0.25, 0.3) is 0 Å². The Bertz CT molecular complexity index is 5640. The lowest BCUT2D eigenvalue weighted by Gasteiger charge is -2.31. The Morgan fingerprint density at radius 2 is 0.740 bits per heavy atom. The number of aromatic nitrogens is 2. The second-order valence-electron chi connectivity index (χ2n) is 27.3. The van der Waals surface area contributed by atoms with Gasteiger partial charge in [0.2, 0.25) is 0 Å². The summed E-state index contributed by atoms with van der Waals surface area (Å²) < 4.78 is 4.91. The minimum absolute atomic E-state index is 0.531. The van der Waals surface area contributed by atoms with Crippen LogP contribution >= 0.6 is 0 Å². The van der Waals surface area contributed by atoms with Crippen molar-refractivity contribution in [3.05, 3.63) is 355 Å². The van der Waals surface area contributed by atoms with Gasteiger partial charge in [0.1, 0.15) is 0 Å². The number of hydrogen-bond acceptors (Lipinski definition) is 1. The molecule has 18 rings (SSSR count). The van der Waals surface area contributed by atoms with Gasteiger partial charge in [0.15, 0.2) is 0 Å². The van der Waals surface area contributed by atoms with E-state index in [2.05, 4.69) is 369 Å². The molecule has 0 fully saturated rings. The van der Waals surface area contributed by atoms with E-state index in [1.807, 2.05) is 0 Å². The summed E-state index contributed by atoms with van der Waals surface area (Å²) in [6.07, 6.45) is 1.19. The predicted octanol–water partition coefficient (Wildman–Crippen LogP) is 25.1. The zero-order chi connectivity index (χ0) is 64.2. The van der Waals surface area contributed by atoms with Crippen molar-refractivity contribution in [2.45, 2.75) is 45.4 Å². The number of nitrogens with zero attached hydrogens (tertiary/aromatic N) is 3. The normalized spacial score (nSPS) is 14.1. The standard InChI is InChI=1S/C93H71N3/c1-60(2)55-83(61(3)4)66-37-35-64(36-38-66)68-43-51-78-76-27-14-17-32-85(76)93(87(78)57-68)86-33-18-15-28-77(86)79-52-44-69(58-88(79)93)75-30-20-31-82-84-56-67(45-54-90(84)96(92(75)82)71-25-12-7-13-26-71)65-41-48-73(49-42-65)94(72-46-39-63(40-47-72)62-21-8-5-9-22-62)74-50-53-81-80-29-16-19-34-89(80)95(91(81)59-74)70-23-10-6-11-24-70/h5-54,56-61,83H,55H2,1-4H3. The van der Waals surface area contributed by atoms with E-state index in [0.717, 1.165) is 45.1 Å². The molecule has 1 spiro atoms. The van der Waals surface area contributed by atoms with E-state index in [0.29, 0.717) is 17.8 Å². The first kappa shape index (κ1) is 57.2. The van der Waals surface area contributed by atoms with Crippen molar-refractivity contribution >= 4 is 60.7 Å². The van der Waals surface area contributed by atoms with Crippen LogP contribution < -0.4 is 4.90 Å². The summed E-state index contributed by atoms with van der Waals surface area (Å²) in [6, 6.07) is 123. The van der Waals surface area contributed by atoms with E-state index >= 15 is 0 Å². The second kappa shape index (κ2) is 22.9. The molecule has 0 bridgehead atoms. The van der Waals surface area contributed by atoms with Crippen molar-refractivity contribution in [1.82, 2.24) is 9.13 Å². The van der Waals surface area contributed by atoms with Crippen LogP contribution in [0.3, 0.4) is 0 Å². The van der Waals surface area contributed by atoms with Gasteiger partial charge >= 0.3 is 0 Å². The van der Waals surface area contributed by atoms with Crippen molar-refractivity contribution in [2.24, 2.45) is 11.8 Å². The minimum Gasteiger partial charge on any atom is -0.310 e. The maximum absolute atomic E-state index is 2.56. The highest BCUT2D eigenvalue weighted by atomic mass is 15.1. The van der Waals surface area contributed by atoms with E-state index in [9.17, 15) is 0 Å². The van der Waals surface area contributed by atoms with E-state index in [4.69, 9.17) is 0 Å². The second-order valence-corrected chi connectivity index (χ2v) is 27.3. The van der Waals surface area contributed by atoms with Crippen molar-refractivity contribution < 1.29 is 0 Å². The molecule has 16 aromatic rings. The average molecular weight is 1230 g/mol. The fraction of sp³-hybridized carbons (Fsp3) is 0.0968. The largest absolute Gasteiger partial charge is 0.310 e. The van der Waals surface area contributed by atoms with Crippen LogP contribution in [0, 0.1) is 11.8 Å². The monoisotopic (exact) mass is 1230 g/mol. The first-order valence-corrected chi connectivity index (χ1v) is 34.1. The van der Waals surface area contributed by atoms with Gasteiger partial charge < -0.3 is 14.0 Å². The molecule has 3 nitrogen and oxygen atoms in total. The molecule has 0 amide bonds. The molecule has 0 radical (unpaired) electrons. The number of fused-ring (bicyclic) bond motifs is 16. The molecule has 0 saturated heterocycles. The average Bonchev–Trinajstić information content (AvgIpc) is 1.54. The Hall–Kier alpha value is -11.5. The van der Waals surface area contributed by atoms with Gasteiger partial charge in [0.05, 0.1) is 27.5 Å². The third kappa shape index (κ3) is 9.09. The quantitative estimate of drug-likeness (QED) is 0.112. The SMILES string of the molecule is CC(C)CC(c1ccc(-c2ccc3c(c2)C2(c4ccccc4-3)c3ccccc3-c3ccc(-c4cccc5c6cc(-c7ccc(N(c8ccc(-c9ccccc9)cc8)c8ccc9c%10ccccc%10n(-c%10ccccc%10)c9c8)cc7)ccc6n(-c6ccccc6)c45)cc32)cc1)C(C)C. The van der Waals surface area contributed by atoms with Gasteiger partial charge in [0, 0.05) is 55.5 Å². The molecular weight excluding hydrogens is 1160 g/mol.